The lowest BCUT2D eigenvalue weighted by molar-refractivity contribution is -0.136. The molecule has 0 bridgehead atoms. The van der Waals surface area contributed by atoms with Crippen LogP contribution >= 0.6 is 0 Å². The molecule has 2 aromatic heterocycles. The van der Waals surface area contributed by atoms with Crippen LogP contribution in [0.3, 0.4) is 0 Å². The molecule has 19 heavy (non-hydrogen) atoms. The van der Waals surface area contributed by atoms with Gasteiger partial charge in [0.2, 0.25) is 0 Å². The van der Waals surface area contributed by atoms with Gasteiger partial charge in [-0.1, -0.05) is 0 Å². The number of imidazole rings is 1. The van der Waals surface area contributed by atoms with E-state index in [4.69, 9.17) is 5.11 Å². The van der Waals surface area contributed by atoms with Gasteiger partial charge in [0, 0.05) is 20.6 Å². The van der Waals surface area contributed by atoms with Gasteiger partial charge in [0.25, 0.3) is 5.56 Å². The lowest BCUT2D eigenvalue weighted by Gasteiger charge is -2.08. The van der Waals surface area contributed by atoms with Crippen LogP contribution < -0.4 is 11.2 Å². The first-order valence-electron chi connectivity index (χ1n) is 5.75. The van der Waals surface area contributed by atoms with E-state index in [-0.39, 0.29) is 17.8 Å². The fraction of sp³-hybridized carbons (Fsp3) is 0.455. The number of hydrogen-bond donors (Lipinski definition) is 1. The summed E-state index contributed by atoms with van der Waals surface area (Å²) in [5.41, 5.74) is -0.513. The van der Waals surface area contributed by atoms with Crippen molar-refractivity contribution < 1.29 is 9.90 Å². The first-order chi connectivity index (χ1) is 8.88. The zero-order chi connectivity index (χ0) is 14.3. The van der Waals surface area contributed by atoms with Crippen molar-refractivity contribution in [2.24, 2.45) is 14.1 Å². The fourth-order valence-corrected chi connectivity index (χ4v) is 2.14. The molecule has 2 heterocycles. The van der Waals surface area contributed by atoms with Crippen molar-refractivity contribution in [1.29, 1.82) is 0 Å². The third kappa shape index (κ3) is 1.85. The molecule has 0 spiro atoms. The number of carboxylic acid groups (broad SMARTS) is 1. The summed E-state index contributed by atoms with van der Waals surface area (Å²) in [4.78, 5) is 38.8. The molecule has 0 atom stereocenters. The Morgan fingerprint density at radius 2 is 1.89 bits per heavy atom. The Morgan fingerprint density at radius 1 is 1.26 bits per heavy atom. The summed E-state index contributed by atoms with van der Waals surface area (Å²) in [6, 6.07) is 0. The monoisotopic (exact) mass is 266 g/mol. The lowest BCUT2D eigenvalue weighted by Crippen LogP contribution is -2.37. The predicted molar refractivity (Wildman–Crippen MR) is 67.2 cm³/mol. The van der Waals surface area contributed by atoms with Crippen molar-refractivity contribution in [3.63, 3.8) is 0 Å². The van der Waals surface area contributed by atoms with E-state index in [0.717, 1.165) is 4.57 Å². The van der Waals surface area contributed by atoms with Gasteiger partial charge in [0.1, 0.15) is 17.9 Å². The number of fused-ring (bicyclic) bond motifs is 1. The SMILES string of the molecule is CCn1c(CC(=O)O)nc2c(=O)n(C)c(=O)n(C)c21. The number of carbonyl (C=O) groups is 1. The fourth-order valence-electron chi connectivity index (χ4n) is 2.14. The van der Waals surface area contributed by atoms with Crippen LogP contribution in [0.25, 0.3) is 11.2 Å². The standard InChI is InChI=1S/C11H14N4O4/c1-4-15-6(5-7(16)17)12-8-9(15)13(2)11(19)14(3)10(8)18/h4-5H2,1-3H3,(H,16,17). The van der Waals surface area contributed by atoms with Crippen molar-refractivity contribution in [3.8, 4) is 0 Å². The van der Waals surface area contributed by atoms with Crippen molar-refractivity contribution in [1.82, 2.24) is 18.7 Å². The first kappa shape index (κ1) is 13.1. The van der Waals surface area contributed by atoms with Gasteiger partial charge in [0.15, 0.2) is 5.52 Å². The zero-order valence-electron chi connectivity index (χ0n) is 10.9. The minimum Gasteiger partial charge on any atom is -0.481 e. The maximum absolute atomic E-state index is 12.0. The van der Waals surface area contributed by atoms with E-state index in [1.165, 1.54) is 18.7 Å². The summed E-state index contributed by atoms with van der Waals surface area (Å²) in [6.45, 7) is 2.23. The molecule has 0 unspecified atom stereocenters. The van der Waals surface area contributed by atoms with Crippen LogP contribution in [0.2, 0.25) is 0 Å². The number of nitrogens with zero attached hydrogens (tertiary/aromatic N) is 4. The molecule has 0 aliphatic heterocycles. The molecule has 0 radical (unpaired) electrons. The molecule has 0 amide bonds. The molecule has 2 rings (SSSR count). The minimum atomic E-state index is -1.04. The Hall–Kier alpha value is -2.38. The largest absolute Gasteiger partial charge is 0.481 e. The van der Waals surface area contributed by atoms with Crippen LogP contribution in [-0.4, -0.2) is 29.8 Å². The van der Waals surface area contributed by atoms with Gasteiger partial charge < -0.3 is 9.67 Å². The lowest BCUT2D eigenvalue weighted by atomic mass is 10.4. The molecule has 0 saturated carbocycles. The van der Waals surface area contributed by atoms with Crippen LogP contribution in [-0.2, 0) is 31.9 Å². The van der Waals surface area contributed by atoms with Gasteiger partial charge in [0.05, 0.1) is 0 Å². The maximum Gasteiger partial charge on any atom is 0.332 e. The molecule has 0 saturated heterocycles. The van der Waals surface area contributed by atoms with Crippen molar-refractivity contribution >= 4 is 17.1 Å². The van der Waals surface area contributed by atoms with Crippen molar-refractivity contribution in [3.05, 3.63) is 26.7 Å². The summed E-state index contributed by atoms with van der Waals surface area (Å²) in [6.07, 6.45) is -0.292. The van der Waals surface area contributed by atoms with Crippen molar-refractivity contribution in [2.45, 2.75) is 19.9 Å². The molecule has 0 aliphatic rings. The zero-order valence-corrected chi connectivity index (χ0v) is 10.9. The molecular formula is C11H14N4O4. The molecule has 0 aromatic carbocycles. The molecule has 8 nitrogen and oxygen atoms in total. The number of hydrogen-bond acceptors (Lipinski definition) is 4. The molecule has 0 fully saturated rings. The molecule has 8 heteroatoms. The topological polar surface area (TPSA) is 99.1 Å². The van der Waals surface area contributed by atoms with E-state index in [0.29, 0.717) is 12.2 Å². The van der Waals surface area contributed by atoms with Gasteiger partial charge in [-0.3, -0.25) is 18.7 Å². The van der Waals surface area contributed by atoms with E-state index < -0.39 is 17.2 Å². The van der Waals surface area contributed by atoms with E-state index >= 15 is 0 Å². The van der Waals surface area contributed by atoms with E-state index in [9.17, 15) is 14.4 Å². The average Bonchev–Trinajstić information content (AvgIpc) is 2.71. The number of aliphatic carboxylic acids is 1. The van der Waals surface area contributed by atoms with E-state index in [1.54, 1.807) is 11.5 Å². The van der Waals surface area contributed by atoms with E-state index in [2.05, 4.69) is 4.98 Å². The van der Waals surface area contributed by atoms with Gasteiger partial charge in [-0.25, -0.2) is 9.78 Å². The second-order valence-electron chi connectivity index (χ2n) is 4.22. The summed E-state index contributed by atoms with van der Waals surface area (Å²) >= 11 is 0. The molecule has 0 aliphatic carbocycles. The molecular weight excluding hydrogens is 252 g/mol. The number of carboxylic acids is 1. The highest BCUT2D eigenvalue weighted by Crippen LogP contribution is 2.11. The minimum absolute atomic E-state index is 0.114. The third-order valence-corrected chi connectivity index (χ3v) is 3.04. The average molecular weight is 266 g/mol. The summed E-state index contributed by atoms with van der Waals surface area (Å²) < 4.78 is 3.84. The highest BCUT2D eigenvalue weighted by atomic mass is 16.4. The normalized spacial score (nSPS) is 11.1. The van der Waals surface area contributed by atoms with Crippen LogP contribution in [0, 0.1) is 0 Å². The third-order valence-electron chi connectivity index (χ3n) is 3.04. The van der Waals surface area contributed by atoms with Gasteiger partial charge in [-0.05, 0) is 6.92 Å². The summed E-state index contributed by atoms with van der Waals surface area (Å²) in [5, 5.41) is 8.85. The Balaban J connectivity index is 2.95. The van der Waals surface area contributed by atoms with Crippen LogP contribution in [0.5, 0.6) is 0 Å². The molecule has 2 aromatic rings. The quantitative estimate of drug-likeness (QED) is 0.774. The summed E-state index contributed by atoms with van der Waals surface area (Å²) in [5.74, 6) is -0.768. The highest BCUT2D eigenvalue weighted by molar-refractivity contribution is 5.74. The van der Waals surface area contributed by atoms with E-state index in [1.807, 2.05) is 0 Å². The number of aryl methyl sites for hydroxylation is 2. The van der Waals surface area contributed by atoms with Crippen molar-refractivity contribution in [2.75, 3.05) is 0 Å². The van der Waals surface area contributed by atoms with Gasteiger partial charge in [-0.2, -0.15) is 0 Å². The first-order valence-corrected chi connectivity index (χ1v) is 5.75. The second kappa shape index (κ2) is 4.38. The van der Waals surface area contributed by atoms with Gasteiger partial charge in [-0.15, -0.1) is 0 Å². The Bertz CT molecular complexity index is 781. The van der Waals surface area contributed by atoms with Crippen LogP contribution in [0.15, 0.2) is 9.59 Å². The smallest absolute Gasteiger partial charge is 0.332 e. The Labute approximate surface area is 107 Å². The highest BCUT2D eigenvalue weighted by Gasteiger charge is 2.19. The predicted octanol–water partition coefficient (Wildman–Crippen LogP) is -0.919. The number of rotatable bonds is 3. The molecule has 102 valence electrons. The van der Waals surface area contributed by atoms with Gasteiger partial charge >= 0.3 is 11.7 Å². The Morgan fingerprint density at radius 3 is 2.42 bits per heavy atom. The number of aromatic nitrogens is 4. The molecule has 1 N–H and O–H groups in total. The summed E-state index contributed by atoms with van der Waals surface area (Å²) in [7, 11) is 2.90. The Kier molecular flexibility index (Phi) is 3.01. The van der Waals surface area contributed by atoms with Crippen LogP contribution in [0.1, 0.15) is 12.7 Å². The maximum atomic E-state index is 12.0. The second-order valence-corrected chi connectivity index (χ2v) is 4.22. The van der Waals surface area contributed by atoms with Crippen LogP contribution in [0.4, 0.5) is 0 Å².